The third-order valence-corrected chi connectivity index (χ3v) is 6.42. The van der Waals surface area contributed by atoms with Crippen molar-refractivity contribution in [1.82, 2.24) is 5.32 Å². The van der Waals surface area contributed by atoms with Crippen molar-refractivity contribution >= 4 is 29.4 Å². The van der Waals surface area contributed by atoms with E-state index in [4.69, 9.17) is 9.47 Å². The molecule has 2 bridgehead atoms. The molecule has 0 aliphatic carbocycles. The molecular weight excluding hydrogens is 426 g/mol. The molecule has 6 nitrogen and oxygen atoms in total. The summed E-state index contributed by atoms with van der Waals surface area (Å²) in [5.41, 5.74) is 1.03. The highest BCUT2D eigenvalue weighted by Crippen LogP contribution is 2.20. The van der Waals surface area contributed by atoms with E-state index in [1.807, 2.05) is 57.2 Å². The zero-order chi connectivity index (χ0) is 23.5. The molecule has 1 amide bonds. The third-order valence-electron chi connectivity index (χ3n) is 5.35. The molecule has 0 radical (unpaired) electrons. The fourth-order valence-corrected chi connectivity index (χ4v) is 4.49. The van der Waals surface area contributed by atoms with Crippen LogP contribution >= 0.6 is 11.8 Å². The van der Waals surface area contributed by atoms with E-state index in [0.717, 1.165) is 11.3 Å². The number of thioether (sulfide) groups is 1. The molecule has 0 fully saturated rings. The lowest BCUT2D eigenvalue weighted by molar-refractivity contribution is -0.146. The highest BCUT2D eigenvalue weighted by molar-refractivity contribution is 7.99. The number of esters is 1. The second-order valence-corrected chi connectivity index (χ2v) is 9.73. The molecule has 1 N–H and O–H groups in total. The van der Waals surface area contributed by atoms with E-state index in [9.17, 15) is 14.4 Å². The van der Waals surface area contributed by atoms with Gasteiger partial charge in [-0.2, -0.15) is 11.8 Å². The highest BCUT2D eigenvalue weighted by Gasteiger charge is 2.29. The van der Waals surface area contributed by atoms with Crippen LogP contribution in [0.5, 0.6) is 5.75 Å². The molecule has 2 aliphatic heterocycles. The van der Waals surface area contributed by atoms with Gasteiger partial charge in [-0.15, -0.1) is 0 Å². The van der Waals surface area contributed by atoms with Crippen molar-refractivity contribution in [3.05, 3.63) is 42.0 Å². The van der Waals surface area contributed by atoms with E-state index in [2.05, 4.69) is 5.32 Å². The van der Waals surface area contributed by atoms with Crippen LogP contribution in [0.2, 0.25) is 0 Å². The largest absolute Gasteiger partial charge is 0.490 e. The monoisotopic (exact) mass is 461 g/mol. The van der Waals surface area contributed by atoms with Gasteiger partial charge in [0.15, 0.2) is 5.78 Å². The third kappa shape index (κ3) is 8.69. The number of methoxy groups -OCH3 is 1. The molecule has 3 rings (SSSR count). The smallest absolute Gasteiger partial charge is 0.309 e. The van der Waals surface area contributed by atoms with Crippen molar-refractivity contribution in [3.8, 4) is 5.75 Å². The lowest BCUT2D eigenvalue weighted by Crippen LogP contribution is -2.45. The van der Waals surface area contributed by atoms with Gasteiger partial charge in [-0.25, -0.2) is 0 Å². The molecule has 0 spiro atoms. The molecule has 0 unspecified atom stereocenters. The van der Waals surface area contributed by atoms with Gasteiger partial charge in [0.05, 0.1) is 19.1 Å². The minimum absolute atomic E-state index is 0.0553. The maximum Gasteiger partial charge on any atom is 0.309 e. The van der Waals surface area contributed by atoms with Crippen molar-refractivity contribution in [1.29, 1.82) is 0 Å². The Morgan fingerprint density at radius 1 is 1.19 bits per heavy atom. The number of fused-ring (bicyclic) bond motifs is 15. The van der Waals surface area contributed by atoms with E-state index in [1.165, 1.54) is 7.11 Å². The van der Waals surface area contributed by atoms with E-state index in [0.29, 0.717) is 31.0 Å². The Balaban J connectivity index is 2.22. The number of ketones is 1. The van der Waals surface area contributed by atoms with Gasteiger partial charge in [-0.05, 0) is 36.5 Å². The number of amides is 1. The van der Waals surface area contributed by atoms with Crippen molar-refractivity contribution in [3.63, 3.8) is 0 Å². The molecular formula is C25H35NO5S. The molecule has 2 aliphatic rings. The first-order chi connectivity index (χ1) is 15.3. The molecule has 7 heteroatoms. The summed E-state index contributed by atoms with van der Waals surface area (Å²) in [6.45, 7) is 6.34. The van der Waals surface area contributed by atoms with Crippen LogP contribution in [0.4, 0.5) is 0 Å². The maximum absolute atomic E-state index is 13.1. The molecule has 0 aromatic heterocycles. The summed E-state index contributed by atoms with van der Waals surface area (Å²) in [4.78, 5) is 38.2. The molecule has 1 aromatic carbocycles. The van der Waals surface area contributed by atoms with E-state index in [1.54, 1.807) is 11.8 Å². The lowest BCUT2D eigenvalue weighted by atomic mass is 9.93. The van der Waals surface area contributed by atoms with Crippen LogP contribution in [-0.2, 0) is 25.5 Å². The zero-order valence-electron chi connectivity index (χ0n) is 19.5. The molecule has 2 heterocycles. The fourth-order valence-electron chi connectivity index (χ4n) is 3.55. The zero-order valence-corrected chi connectivity index (χ0v) is 20.3. The number of ether oxygens (including phenoxy) is 2. The Labute approximate surface area is 195 Å². The quantitative estimate of drug-likeness (QED) is 0.544. The second kappa shape index (κ2) is 13.3. The number of benzene rings is 1. The highest BCUT2D eigenvalue weighted by atomic mass is 32.2. The van der Waals surface area contributed by atoms with Crippen molar-refractivity contribution in [2.24, 2.45) is 17.8 Å². The number of carbonyl (C=O) groups is 3. The predicted octanol–water partition coefficient (Wildman–Crippen LogP) is 3.83. The minimum Gasteiger partial charge on any atom is -0.490 e. The van der Waals surface area contributed by atoms with Crippen LogP contribution in [0.15, 0.2) is 36.4 Å². The Bertz CT molecular complexity index is 790. The number of Topliss-reactive ketones (excluding diaryl/α,β-unsaturated/α-hetero) is 1. The number of hydrogen-bond acceptors (Lipinski definition) is 6. The summed E-state index contributed by atoms with van der Waals surface area (Å²) < 4.78 is 10.6. The van der Waals surface area contributed by atoms with Gasteiger partial charge in [-0.3, -0.25) is 14.4 Å². The normalized spacial score (nSPS) is 23.6. The van der Waals surface area contributed by atoms with Gasteiger partial charge in [0.1, 0.15) is 12.4 Å². The predicted molar refractivity (Wildman–Crippen MR) is 128 cm³/mol. The lowest BCUT2D eigenvalue weighted by Gasteiger charge is -2.23. The standard InChI is InChI=1S/C25H35NO5S/c1-17(2)13-22-23(27)15-20(25(29)30-4)16-32-12-6-5-11-31-21-9-7-19(8-10-21)14-18(3)24(28)26-22/h5-10,17-18,20,22H,11-16H2,1-4H3,(H,26,28)/t18-,20-,22-/m0/s1. The maximum atomic E-state index is 13.1. The molecule has 3 atom stereocenters. The summed E-state index contributed by atoms with van der Waals surface area (Å²) in [6, 6.07) is 7.13. The van der Waals surface area contributed by atoms with Crippen molar-refractivity contribution < 1.29 is 23.9 Å². The van der Waals surface area contributed by atoms with Gasteiger partial charge in [0, 0.05) is 23.8 Å². The Kier molecular flexibility index (Phi) is 10.8. The summed E-state index contributed by atoms with van der Waals surface area (Å²) >= 11 is 1.56. The topological polar surface area (TPSA) is 81.7 Å². The van der Waals surface area contributed by atoms with Crippen LogP contribution in [0.3, 0.4) is 0 Å². The number of hydrogen-bond donors (Lipinski definition) is 1. The van der Waals surface area contributed by atoms with Crippen molar-refractivity contribution in [2.75, 3.05) is 25.2 Å². The first-order valence-electron chi connectivity index (χ1n) is 11.2. The minimum atomic E-state index is -0.611. The van der Waals surface area contributed by atoms with Gasteiger partial charge >= 0.3 is 5.97 Å². The van der Waals surface area contributed by atoms with Gasteiger partial charge in [-0.1, -0.05) is 45.1 Å². The van der Waals surface area contributed by atoms with Crippen molar-refractivity contribution in [2.45, 2.75) is 46.1 Å². The molecule has 0 saturated carbocycles. The van der Waals surface area contributed by atoms with Crippen LogP contribution in [0.1, 0.15) is 39.2 Å². The number of carbonyl (C=O) groups excluding carboxylic acids is 3. The van der Waals surface area contributed by atoms with E-state index < -0.39 is 17.9 Å². The Hall–Kier alpha value is -2.28. The van der Waals surface area contributed by atoms with Crippen LogP contribution in [0.25, 0.3) is 0 Å². The van der Waals surface area contributed by atoms with Gasteiger partial charge < -0.3 is 14.8 Å². The van der Waals surface area contributed by atoms with Crippen LogP contribution in [0, 0.1) is 17.8 Å². The van der Waals surface area contributed by atoms with E-state index in [-0.39, 0.29) is 29.9 Å². The first kappa shape index (κ1) is 26.0. The summed E-state index contributed by atoms with van der Waals surface area (Å²) in [7, 11) is 1.34. The van der Waals surface area contributed by atoms with E-state index >= 15 is 0 Å². The van der Waals surface area contributed by atoms with Gasteiger partial charge in [0.2, 0.25) is 5.91 Å². The summed E-state index contributed by atoms with van der Waals surface area (Å²) in [5, 5.41) is 2.95. The molecule has 176 valence electrons. The van der Waals surface area contributed by atoms with Crippen LogP contribution in [-0.4, -0.2) is 48.9 Å². The average Bonchev–Trinajstić information content (AvgIpc) is 2.76. The number of nitrogens with one attached hydrogen (secondary N) is 1. The summed E-state index contributed by atoms with van der Waals surface area (Å²) in [6.07, 6.45) is 5.09. The fraction of sp³-hybridized carbons (Fsp3) is 0.560. The summed E-state index contributed by atoms with van der Waals surface area (Å²) in [5.74, 6) is 0.673. The molecule has 1 aromatic rings. The molecule has 32 heavy (non-hydrogen) atoms. The Morgan fingerprint density at radius 2 is 1.91 bits per heavy atom. The Morgan fingerprint density at radius 3 is 2.56 bits per heavy atom. The number of rotatable bonds is 3. The second-order valence-electron chi connectivity index (χ2n) is 8.65. The van der Waals surface area contributed by atoms with Crippen LogP contribution < -0.4 is 10.1 Å². The molecule has 0 saturated heterocycles. The first-order valence-corrected chi connectivity index (χ1v) is 12.3. The average molecular weight is 462 g/mol. The van der Waals surface area contributed by atoms with Gasteiger partial charge in [0.25, 0.3) is 0 Å². The SMILES string of the molecule is COC(=O)[C@@H]1CSCC=CCOc2ccc(cc2)C[C@H](C)C(=O)N[C@@H](CC(C)C)C(=O)C1.